The van der Waals surface area contributed by atoms with Gasteiger partial charge in [0.15, 0.2) is 5.82 Å². The number of aromatic nitrogens is 3. The number of benzene rings is 2. The second kappa shape index (κ2) is 9.82. The third-order valence-electron chi connectivity index (χ3n) is 6.35. The number of thioether (sulfide) groups is 1. The van der Waals surface area contributed by atoms with Gasteiger partial charge in [-0.3, -0.25) is 18.7 Å². The summed E-state index contributed by atoms with van der Waals surface area (Å²) >= 11 is 3.18. The molecule has 0 spiro atoms. The normalized spacial score (nSPS) is 14.8. The summed E-state index contributed by atoms with van der Waals surface area (Å²) < 4.78 is 2.10. The number of carboxylic acid groups (broad SMARTS) is 1. The minimum Gasteiger partial charge on any atom is -0.480 e. The molecule has 174 valence electrons. The van der Waals surface area contributed by atoms with Crippen LogP contribution >= 0.6 is 23.7 Å². The molecule has 1 N–H and O–H groups in total. The van der Waals surface area contributed by atoms with Gasteiger partial charge in [0.05, 0.1) is 11.0 Å². The zero-order chi connectivity index (χ0) is 23.7. The van der Waals surface area contributed by atoms with Gasteiger partial charge in [0.25, 0.3) is 0 Å². The average Bonchev–Trinajstić information content (AvgIpc) is 3.23. The lowest BCUT2D eigenvalue weighted by molar-refractivity contribution is -0.142. The van der Waals surface area contributed by atoms with Crippen LogP contribution in [0.25, 0.3) is 22.6 Å². The molecule has 0 bridgehead atoms. The topological polar surface area (TPSA) is 71.2 Å². The summed E-state index contributed by atoms with van der Waals surface area (Å²) in [5.41, 5.74) is 6.38. The molecule has 2 aromatic carbocycles. The van der Waals surface area contributed by atoms with Crippen LogP contribution in [0.1, 0.15) is 16.7 Å². The van der Waals surface area contributed by atoms with Crippen LogP contribution in [0.15, 0.2) is 65.7 Å². The van der Waals surface area contributed by atoms with Gasteiger partial charge >= 0.3 is 5.97 Å². The van der Waals surface area contributed by atoms with E-state index in [1.807, 2.05) is 49.6 Å². The second-order valence-corrected chi connectivity index (χ2v) is 10.1. The SMILES string of the molecule is CSn1c(-c2nccc(SCC(C(=O)O)N3CCc4ccccc4C3)c2C)nc2ccccc21. The van der Waals surface area contributed by atoms with E-state index in [0.29, 0.717) is 12.3 Å². The number of para-hydroxylation sites is 2. The van der Waals surface area contributed by atoms with Gasteiger partial charge < -0.3 is 5.11 Å². The van der Waals surface area contributed by atoms with Crippen molar-refractivity contribution in [2.24, 2.45) is 0 Å². The maximum atomic E-state index is 12.2. The highest BCUT2D eigenvalue weighted by Gasteiger charge is 2.29. The van der Waals surface area contributed by atoms with Crippen LogP contribution in [-0.4, -0.2) is 54.5 Å². The molecule has 1 aliphatic heterocycles. The summed E-state index contributed by atoms with van der Waals surface area (Å²) in [4.78, 5) is 24.8. The molecule has 0 fully saturated rings. The molecule has 0 aliphatic carbocycles. The van der Waals surface area contributed by atoms with E-state index in [9.17, 15) is 9.90 Å². The largest absolute Gasteiger partial charge is 0.480 e. The van der Waals surface area contributed by atoms with E-state index in [1.54, 1.807) is 29.9 Å². The van der Waals surface area contributed by atoms with Gasteiger partial charge in [-0.25, -0.2) is 4.98 Å². The fraction of sp³-hybridized carbons (Fsp3) is 0.269. The number of nitrogens with zero attached hydrogens (tertiary/aromatic N) is 4. The number of fused-ring (bicyclic) bond motifs is 2. The summed E-state index contributed by atoms with van der Waals surface area (Å²) in [7, 11) is 0. The number of pyridine rings is 1. The molecule has 1 aliphatic rings. The standard InChI is InChI=1S/C26H26N4O2S2/c1-17-23(11-13-27-24(17)25-28-20-9-5-6-10-21(20)30(25)33-2)34-16-22(26(31)32)29-14-12-18-7-3-4-8-19(18)15-29/h3-11,13,22H,12,14-16H2,1-2H3,(H,31,32). The highest BCUT2D eigenvalue weighted by molar-refractivity contribution is 7.99. The van der Waals surface area contributed by atoms with Gasteiger partial charge in [-0.05, 0) is 60.2 Å². The van der Waals surface area contributed by atoms with Crippen LogP contribution in [0, 0.1) is 6.92 Å². The fourth-order valence-corrected chi connectivity index (χ4v) is 6.34. The van der Waals surface area contributed by atoms with Crippen LogP contribution in [-0.2, 0) is 17.8 Å². The molecule has 3 heterocycles. The van der Waals surface area contributed by atoms with Gasteiger partial charge in [0, 0.05) is 36.2 Å². The molecular formula is C26H26N4O2S2. The molecule has 0 saturated carbocycles. The van der Waals surface area contributed by atoms with Crippen LogP contribution in [0.5, 0.6) is 0 Å². The van der Waals surface area contributed by atoms with Gasteiger partial charge in [-0.1, -0.05) is 36.4 Å². The molecule has 0 radical (unpaired) electrons. The number of hydrogen-bond donors (Lipinski definition) is 1. The molecular weight excluding hydrogens is 464 g/mol. The first-order chi connectivity index (χ1) is 16.6. The number of carboxylic acids is 1. The minimum absolute atomic E-state index is 0.473. The van der Waals surface area contributed by atoms with Gasteiger partial charge in [-0.15, -0.1) is 11.8 Å². The number of hydrogen-bond acceptors (Lipinski definition) is 6. The Hall–Kier alpha value is -2.81. The molecule has 1 atom stereocenters. The highest BCUT2D eigenvalue weighted by Crippen LogP contribution is 2.34. The predicted octanol–water partition coefficient (Wildman–Crippen LogP) is 5.14. The zero-order valence-corrected chi connectivity index (χ0v) is 20.8. The lowest BCUT2D eigenvalue weighted by atomic mass is 9.99. The average molecular weight is 491 g/mol. The Balaban J connectivity index is 1.39. The monoisotopic (exact) mass is 490 g/mol. The summed E-state index contributed by atoms with van der Waals surface area (Å²) in [5.74, 6) is 0.514. The number of rotatable bonds is 7. The maximum absolute atomic E-state index is 12.2. The summed E-state index contributed by atoms with van der Waals surface area (Å²) in [6, 6.07) is 17.8. The molecule has 4 aromatic rings. The maximum Gasteiger partial charge on any atom is 0.321 e. The van der Waals surface area contributed by atoms with Crippen molar-refractivity contribution in [1.82, 2.24) is 18.8 Å². The molecule has 8 heteroatoms. The first-order valence-corrected chi connectivity index (χ1v) is 13.4. The van der Waals surface area contributed by atoms with Crippen molar-refractivity contribution in [2.75, 3.05) is 18.6 Å². The molecule has 0 amide bonds. The van der Waals surface area contributed by atoms with Gasteiger partial charge in [-0.2, -0.15) is 0 Å². The fourth-order valence-electron chi connectivity index (χ4n) is 4.52. The van der Waals surface area contributed by atoms with Crippen molar-refractivity contribution >= 4 is 40.7 Å². The van der Waals surface area contributed by atoms with Crippen LogP contribution in [0.2, 0.25) is 0 Å². The van der Waals surface area contributed by atoms with Crippen LogP contribution < -0.4 is 0 Å². The van der Waals surface area contributed by atoms with Crippen molar-refractivity contribution in [3.05, 3.63) is 77.5 Å². The summed E-state index contributed by atoms with van der Waals surface area (Å²) in [6.45, 7) is 3.47. The highest BCUT2D eigenvalue weighted by atomic mass is 32.2. The first-order valence-electron chi connectivity index (χ1n) is 11.2. The smallest absolute Gasteiger partial charge is 0.321 e. The molecule has 2 aromatic heterocycles. The van der Waals surface area contributed by atoms with E-state index in [2.05, 4.69) is 32.1 Å². The molecule has 0 saturated heterocycles. The molecule has 34 heavy (non-hydrogen) atoms. The Morgan fingerprint density at radius 2 is 1.88 bits per heavy atom. The number of carbonyl (C=O) groups is 1. The van der Waals surface area contributed by atoms with Gasteiger partial charge in [0.2, 0.25) is 0 Å². The van der Waals surface area contributed by atoms with Crippen molar-refractivity contribution in [1.29, 1.82) is 0 Å². The Bertz CT molecular complexity index is 1350. The third-order valence-corrected chi connectivity index (χ3v) is 8.32. The minimum atomic E-state index is -0.775. The molecule has 6 nitrogen and oxygen atoms in total. The Kier molecular flexibility index (Phi) is 6.63. The van der Waals surface area contributed by atoms with Crippen LogP contribution in [0.4, 0.5) is 0 Å². The van der Waals surface area contributed by atoms with E-state index in [4.69, 9.17) is 4.98 Å². The van der Waals surface area contributed by atoms with Crippen molar-refractivity contribution < 1.29 is 9.90 Å². The molecule has 1 unspecified atom stereocenters. The number of imidazole rings is 1. The lowest BCUT2D eigenvalue weighted by Crippen LogP contribution is -2.45. The summed E-state index contributed by atoms with van der Waals surface area (Å²) in [6.07, 6.45) is 4.70. The Labute approximate surface area is 207 Å². The predicted molar refractivity (Wildman–Crippen MR) is 139 cm³/mol. The first kappa shape index (κ1) is 23.0. The van der Waals surface area contributed by atoms with E-state index < -0.39 is 12.0 Å². The lowest BCUT2D eigenvalue weighted by Gasteiger charge is -2.33. The Morgan fingerprint density at radius 1 is 1.12 bits per heavy atom. The van der Waals surface area contributed by atoms with Crippen LogP contribution in [0.3, 0.4) is 0 Å². The van der Waals surface area contributed by atoms with E-state index in [1.165, 1.54) is 11.1 Å². The van der Waals surface area contributed by atoms with Crippen molar-refractivity contribution in [3.63, 3.8) is 0 Å². The second-order valence-electron chi connectivity index (χ2n) is 8.34. The Morgan fingerprint density at radius 3 is 2.68 bits per heavy atom. The summed E-state index contributed by atoms with van der Waals surface area (Å²) in [5, 5.41) is 10.0. The number of aliphatic carboxylic acids is 1. The zero-order valence-electron chi connectivity index (χ0n) is 19.1. The van der Waals surface area contributed by atoms with E-state index in [-0.39, 0.29) is 0 Å². The third kappa shape index (κ3) is 4.33. The van der Waals surface area contributed by atoms with Gasteiger partial charge in [0.1, 0.15) is 11.7 Å². The van der Waals surface area contributed by atoms with Crippen molar-refractivity contribution in [3.8, 4) is 11.5 Å². The quantitative estimate of drug-likeness (QED) is 0.360. The molecule has 5 rings (SSSR count). The van der Waals surface area contributed by atoms with E-state index in [0.717, 1.165) is 46.0 Å². The van der Waals surface area contributed by atoms with Crippen molar-refractivity contribution in [2.45, 2.75) is 30.8 Å². The van der Waals surface area contributed by atoms with E-state index >= 15 is 0 Å².